The van der Waals surface area contributed by atoms with Crippen molar-refractivity contribution in [1.82, 2.24) is 9.62 Å². The molecule has 1 fully saturated rings. The normalized spacial score (nSPS) is 22.2. The third-order valence-electron chi connectivity index (χ3n) is 3.93. The minimum Gasteiger partial charge on any atom is -0.373 e. The fraction of sp³-hybridized carbons (Fsp3) is 0.562. The highest BCUT2D eigenvalue weighted by Gasteiger charge is 2.33. The van der Waals surface area contributed by atoms with Crippen molar-refractivity contribution < 1.29 is 26.7 Å². The first-order chi connectivity index (χ1) is 12.0. The van der Waals surface area contributed by atoms with E-state index in [1.807, 2.05) is 0 Å². The van der Waals surface area contributed by atoms with Crippen LogP contribution in [0.15, 0.2) is 29.2 Å². The summed E-state index contributed by atoms with van der Waals surface area (Å²) in [7, 11) is -3.83. The molecule has 0 aromatic heterocycles. The van der Waals surface area contributed by atoms with Crippen LogP contribution in [-0.4, -0.2) is 62.9 Å². The Morgan fingerprint density at radius 1 is 1.35 bits per heavy atom. The summed E-state index contributed by atoms with van der Waals surface area (Å²) in [5.74, 6) is -4.02. The van der Waals surface area contributed by atoms with Gasteiger partial charge in [-0.2, -0.15) is 4.31 Å². The summed E-state index contributed by atoms with van der Waals surface area (Å²) in [6.07, 6.45) is -0.503. The number of nitrogens with two attached hydrogens (primary N) is 1. The van der Waals surface area contributed by atoms with Gasteiger partial charge in [0.05, 0.1) is 30.2 Å². The Balaban J connectivity index is 2.18. The molecule has 1 heterocycles. The van der Waals surface area contributed by atoms with Crippen molar-refractivity contribution in [3.05, 3.63) is 29.8 Å². The summed E-state index contributed by atoms with van der Waals surface area (Å²) in [6.45, 7) is 2.14. The van der Waals surface area contributed by atoms with Crippen molar-refractivity contribution >= 4 is 15.9 Å². The zero-order valence-electron chi connectivity index (χ0n) is 14.6. The predicted octanol–water partition coefficient (Wildman–Crippen LogP) is 0.808. The minimum absolute atomic E-state index is 0.0201. The lowest BCUT2D eigenvalue weighted by Gasteiger charge is -2.34. The fourth-order valence-corrected chi connectivity index (χ4v) is 4.29. The minimum atomic E-state index is -3.83. The summed E-state index contributed by atoms with van der Waals surface area (Å²) in [6, 6.07) is 5.30. The van der Waals surface area contributed by atoms with Crippen LogP contribution in [0, 0.1) is 0 Å². The lowest BCUT2D eigenvalue weighted by Crippen LogP contribution is -2.48. The maximum atomic E-state index is 13.2. The van der Waals surface area contributed by atoms with Crippen LogP contribution in [0.5, 0.6) is 0 Å². The number of alkyl halides is 2. The van der Waals surface area contributed by atoms with Gasteiger partial charge in [0.15, 0.2) is 0 Å². The van der Waals surface area contributed by atoms with Crippen molar-refractivity contribution in [2.45, 2.75) is 36.9 Å². The molecule has 2 rings (SSSR count). The molecule has 1 amide bonds. The second kappa shape index (κ2) is 7.95. The molecule has 146 valence electrons. The van der Waals surface area contributed by atoms with Gasteiger partial charge in [-0.1, -0.05) is 6.07 Å². The van der Waals surface area contributed by atoms with E-state index in [9.17, 15) is 22.0 Å². The molecular weight excluding hydrogens is 368 g/mol. The Bertz CT molecular complexity index is 748. The molecule has 1 aliphatic rings. The van der Waals surface area contributed by atoms with Crippen molar-refractivity contribution in [3.8, 4) is 0 Å². The molecule has 2 atom stereocenters. The second-order valence-electron chi connectivity index (χ2n) is 6.35. The third-order valence-corrected chi connectivity index (χ3v) is 5.75. The predicted molar refractivity (Wildman–Crippen MR) is 91.5 cm³/mol. The van der Waals surface area contributed by atoms with Crippen LogP contribution in [0.2, 0.25) is 0 Å². The monoisotopic (exact) mass is 391 g/mol. The molecule has 3 N–H and O–H groups in total. The largest absolute Gasteiger partial charge is 0.373 e. The highest BCUT2D eigenvalue weighted by Crippen LogP contribution is 2.22. The number of halogens is 2. The number of benzene rings is 1. The SMILES string of the molecule is CC1CN(S(=O)(=O)c2cccc(C(=O)NCC(F)(F)CN)c2)CC(C)O1. The molecule has 7 nitrogen and oxygen atoms in total. The van der Waals surface area contributed by atoms with Crippen LogP contribution < -0.4 is 11.1 Å². The molecule has 0 spiro atoms. The maximum Gasteiger partial charge on any atom is 0.277 e. The fourth-order valence-electron chi connectivity index (χ4n) is 2.66. The summed E-state index contributed by atoms with van der Waals surface area (Å²) in [5.41, 5.74) is 4.90. The van der Waals surface area contributed by atoms with E-state index in [4.69, 9.17) is 10.5 Å². The van der Waals surface area contributed by atoms with Crippen LogP contribution in [0.1, 0.15) is 24.2 Å². The number of rotatable bonds is 6. The van der Waals surface area contributed by atoms with Gasteiger partial charge in [-0.15, -0.1) is 0 Å². The van der Waals surface area contributed by atoms with E-state index >= 15 is 0 Å². The molecular formula is C16H23F2N3O4S. The second-order valence-corrected chi connectivity index (χ2v) is 8.29. The average Bonchev–Trinajstić information content (AvgIpc) is 2.59. The molecule has 10 heteroatoms. The number of carbonyl (C=O) groups excluding carboxylic acids is 1. The molecule has 2 unspecified atom stereocenters. The molecule has 1 aromatic rings. The number of morpholine rings is 1. The number of hydrogen-bond donors (Lipinski definition) is 2. The molecule has 0 aliphatic carbocycles. The van der Waals surface area contributed by atoms with E-state index in [0.717, 1.165) is 0 Å². The Kier molecular flexibility index (Phi) is 6.33. The Hall–Kier alpha value is -1.62. The van der Waals surface area contributed by atoms with Gasteiger partial charge in [-0.05, 0) is 32.0 Å². The van der Waals surface area contributed by atoms with Crippen LogP contribution in [0.4, 0.5) is 8.78 Å². The van der Waals surface area contributed by atoms with Gasteiger partial charge in [0.1, 0.15) is 0 Å². The summed E-state index contributed by atoms with van der Waals surface area (Å²) in [4.78, 5) is 12.0. The van der Waals surface area contributed by atoms with Gasteiger partial charge in [-0.3, -0.25) is 4.79 Å². The van der Waals surface area contributed by atoms with E-state index in [0.29, 0.717) is 0 Å². The number of sulfonamides is 1. The number of nitrogens with one attached hydrogen (secondary N) is 1. The van der Waals surface area contributed by atoms with Crippen molar-refractivity contribution in [1.29, 1.82) is 0 Å². The average molecular weight is 391 g/mol. The Morgan fingerprint density at radius 2 is 1.96 bits per heavy atom. The van der Waals surface area contributed by atoms with Crippen LogP contribution in [0.3, 0.4) is 0 Å². The highest BCUT2D eigenvalue weighted by molar-refractivity contribution is 7.89. The summed E-state index contributed by atoms with van der Waals surface area (Å²) in [5, 5.41) is 2.07. The van der Waals surface area contributed by atoms with E-state index in [2.05, 4.69) is 5.32 Å². The zero-order valence-corrected chi connectivity index (χ0v) is 15.4. The zero-order chi connectivity index (χ0) is 19.5. The smallest absolute Gasteiger partial charge is 0.277 e. The van der Waals surface area contributed by atoms with Gasteiger partial charge in [0.2, 0.25) is 10.0 Å². The molecule has 26 heavy (non-hydrogen) atoms. The van der Waals surface area contributed by atoms with Gasteiger partial charge in [0.25, 0.3) is 11.8 Å². The van der Waals surface area contributed by atoms with E-state index < -0.39 is 34.9 Å². The standard InChI is InChI=1S/C16H23F2N3O4S/c1-11-7-21(8-12(2)25-11)26(23,24)14-5-3-4-13(6-14)15(22)20-10-16(17,18)9-19/h3-6,11-12H,7-10,19H2,1-2H3,(H,20,22). The number of amides is 1. The van der Waals surface area contributed by atoms with E-state index in [1.165, 1.54) is 28.6 Å². The lowest BCUT2D eigenvalue weighted by atomic mass is 10.2. The maximum absolute atomic E-state index is 13.2. The molecule has 1 aliphatic heterocycles. The van der Waals surface area contributed by atoms with Crippen LogP contribution in [0.25, 0.3) is 0 Å². The van der Waals surface area contributed by atoms with E-state index in [1.54, 1.807) is 13.8 Å². The molecule has 0 bridgehead atoms. The first-order valence-corrected chi connectivity index (χ1v) is 9.61. The molecule has 1 saturated heterocycles. The van der Waals surface area contributed by atoms with Crippen molar-refractivity contribution in [2.75, 3.05) is 26.2 Å². The third kappa shape index (κ3) is 4.97. The first kappa shape index (κ1) is 20.7. The number of carbonyl (C=O) groups is 1. The topological polar surface area (TPSA) is 102 Å². The van der Waals surface area contributed by atoms with Crippen LogP contribution >= 0.6 is 0 Å². The highest BCUT2D eigenvalue weighted by atomic mass is 32.2. The van der Waals surface area contributed by atoms with Gasteiger partial charge >= 0.3 is 0 Å². The summed E-state index contributed by atoms with van der Waals surface area (Å²) < 4.78 is 58.8. The van der Waals surface area contributed by atoms with Gasteiger partial charge in [-0.25, -0.2) is 17.2 Å². The summed E-state index contributed by atoms with van der Waals surface area (Å²) >= 11 is 0. The van der Waals surface area contributed by atoms with Gasteiger partial charge in [0, 0.05) is 18.7 Å². The number of nitrogens with zero attached hydrogens (tertiary/aromatic N) is 1. The van der Waals surface area contributed by atoms with Gasteiger partial charge < -0.3 is 15.8 Å². The molecule has 1 aromatic carbocycles. The Labute approximate surface area is 151 Å². The quantitative estimate of drug-likeness (QED) is 0.747. The number of hydrogen-bond acceptors (Lipinski definition) is 5. The Morgan fingerprint density at radius 3 is 2.54 bits per heavy atom. The molecule has 0 radical (unpaired) electrons. The van der Waals surface area contributed by atoms with Crippen LogP contribution in [-0.2, 0) is 14.8 Å². The number of ether oxygens (including phenoxy) is 1. The lowest BCUT2D eigenvalue weighted by molar-refractivity contribution is -0.0440. The van der Waals surface area contributed by atoms with E-state index in [-0.39, 0.29) is 35.8 Å². The van der Waals surface area contributed by atoms with Crippen molar-refractivity contribution in [2.24, 2.45) is 5.73 Å². The molecule has 0 saturated carbocycles. The first-order valence-electron chi connectivity index (χ1n) is 8.17. The van der Waals surface area contributed by atoms with Crippen molar-refractivity contribution in [3.63, 3.8) is 0 Å².